The van der Waals surface area contributed by atoms with Crippen LogP contribution in [0.5, 0.6) is 0 Å². The molecule has 2 aromatic rings. The monoisotopic (exact) mass is 240 g/mol. The Hall–Kier alpha value is -1.64. The van der Waals surface area contributed by atoms with Gasteiger partial charge in [-0.2, -0.15) is 0 Å². The first-order chi connectivity index (χ1) is 8.93. The summed E-state index contributed by atoms with van der Waals surface area (Å²) in [5.74, 6) is 0. The van der Waals surface area contributed by atoms with E-state index in [1.54, 1.807) is 0 Å². The normalized spacial score (nSPS) is 23.8. The van der Waals surface area contributed by atoms with Gasteiger partial charge in [-0.3, -0.25) is 0 Å². The highest BCUT2D eigenvalue weighted by Crippen LogP contribution is 2.35. The third kappa shape index (κ3) is 2.45. The van der Waals surface area contributed by atoms with E-state index in [0.717, 1.165) is 6.42 Å². The highest BCUT2D eigenvalue weighted by atomic mass is 16.7. The van der Waals surface area contributed by atoms with Crippen LogP contribution < -0.4 is 0 Å². The average molecular weight is 240 g/mol. The highest BCUT2D eigenvalue weighted by molar-refractivity contribution is 5.21. The molecule has 1 aliphatic rings. The molecular formula is C16H16O2. The van der Waals surface area contributed by atoms with Crippen LogP contribution in [-0.4, -0.2) is 6.79 Å². The largest absolute Gasteiger partial charge is 0.347 e. The first-order valence-corrected chi connectivity index (χ1v) is 6.26. The summed E-state index contributed by atoms with van der Waals surface area (Å²) in [7, 11) is 0. The van der Waals surface area contributed by atoms with E-state index < -0.39 is 0 Å². The van der Waals surface area contributed by atoms with Gasteiger partial charge in [0.25, 0.3) is 0 Å². The quantitative estimate of drug-likeness (QED) is 0.793. The van der Waals surface area contributed by atoms with Crippen molar-refractivity contribution in [3.8, 4) is 0 Å². The Kier molecular flexibility index (Phi) is 3.40. The van der Waals surface area contributed by atoms with Gasteiger partial charge in [0.2, 0.25) is 0 Å². The Morgan fingerprint density at radius 1 is 0.667 bits per heavy atom. The van der Waals surface area contributed by atoms with Crippen LogP contribution in [-0.2, 0) is 9.47 Å². The van der Waals surface area contributed by atoms with Gasteiger partial charge in [-0.15, -0.1) is 0 Å². The number of hydrogen-bond acceptors (Lipinski definition) is 2. The fourth-order valence-corrected chi connectivity index (χ4v) is 2.33. The Labute approximate surface area is 107 Å². The van der Waals surface area contributed by atoms with Crippen LogP contribution in [0.1, 0.15) is 29.8 Å². The SMILES string of the molecule is c1ccc([C@@H]2C[C@H](c3ccccc3)OCO2)cc1. The average Bonchev–Trinajstić information content (AvgIpc) is 2.49. The molecule has 0 bridgehead atoms. The van der Waals surface area contributed by atoms with Gasteiger partial charge in [-0.05, 0) is 11.1 Å². The Balaban J connectivity index is 1.77. The fourth-order valence-electron chi connectivity index (χ4n) is 2.33. The van der Waals surface area contributed by atoms with Crippen molar-refractivity contribution in [2.24, 2.45) is 0 Å². The molecule has 18 heavy (non-hydrogen) atoms. The molecule has 0 N–H and O–H groups in total. The maximum atomic E-state index is 5.69. The van der Waals surface area contributed by atoms with Crippen molar-refractivity contribution in [1.29, 1.82) is 0 Å². The first-order valence-electron chi connectivity index (χ1n) is 6.26. The van der Waals surface area contributed by atoms with E-state index in [1.807, 2.05) is 36.4 Å². The summed E-state index contributed by atoms with van der Waals surface area (Å²) in [5.41, 5.74) is 2.45. The molecule has 92 valence electrons. The summed E-state index contributed by atoms with van der Waals surface area (Å²) in [6.07, 6.45) is 1.13. The van der Waals surface area contributed by atoms with Gasteiger partial charge in [0.15, 0.2) is 0 Å². The molecule has 0 spiro atoms. The van der Waals surface area contributed by atoms with E-state index in [4.69, 9.17) is 9.47 Å². The lowest BCUT2D eigenvalue weighted by Gasteiger charge is -2.30. The van der Waals surface area contributed by atoms with Gasteiger partial charge in [0.05, 0.1) is 12.2 Å². The van der Waals surface area contributed by atoms with E-state index in [9.17, 15) is 0 Å². The minimum Gasteiger partial charge on any atom is -0.347 e. The molecule has 0 radical (unpaired) electrons. The lowest BCUT2D eigenvalue weighted by molar-refractivity contribution is -0.179. The van der Waals surface area contributed by atoms with Crippen LogP contribution in [0.25, 0.3) is 0 Å². The zero-order valence-electron chi connectivity index (χ0n) is 10.2. The topological polar surface area (TPSA) is 18.5 Å². The predicted octanol–water partition coefficient (Wildman–Crippen LogP) is 3.86. The standard InChI is InChI=1S/C16H16O2/c1-3-7-13(8-4-1)15-11-16(18-12-17-15)14-9-5-2-6-10-14/h1-10,15-16H,11-12H2/t15-,16+. The zero-order chi connectivity index (χ0) is 12.2. The summed E-state index contributed by atoms with van der Waals surface area (Å²) >= 11 is 0. The third-order valence-electron chi connectivity index (χ3n) is 3.31. The van der Waals surface area contributed by atoms with E-state index in [1.165, 1.54) is 11.1 Å². The van der Waals surface area contributed by atoms with Gasteiger partial charge in [-0.25, -0.2) is 0 Å². The molecule has 0 aliphatic carbocycles. The van der Waals surface area contributed by atoms with Gasteiger partial charge in [-0.1, -0.05) is 60.7 Å². The molecule has 0 unspecified atom stereocenters. The minimum absolute atomic E-state index is 0.130. The second kappa shape index (κ2) is 5.34. The molecule has 1 aliphatic heterocycles. The molecular weight excluding hydrogens is 224 g/mol. The van der Waals surface area contributed by atoms with Crippen LogP contribution in [0.4, 0.5) is 0 Å². The van der Waals surface area contributed by atoms with Crippen LogP contribution in [0.2, 0.25) is 0 Å². The number of rotatable bonds is 2. The van der Waals surface area contributed by atoms with Crippen LogP contribution in [0, 0.1) is 0 Å². The maximum absolute atomic E-state index is 5.69. The summed E-state index contributed by atoms with van der Waals surface area (Å²) in [5, 5.41) is 0. The van der Waals surface area contributed by atoms with E-state index in [2.05, 4.69) is 24.3 Å². The van der Waals surface area contributed by atoms with Crippen LogP contribution >= 0.6 is 0 Å². The highest BCUT2D eigenvalue weighted by Gasteiger charge is 2.25. The molecule has 0 amide bonds. The molecule has 2 atom stereocenters. The first kappa shape index (κ1) is 11.5. The smallest absolute Gasteiger partial charge is 0.148 e. The molecule has 1 saturated heterocycles. The molecule has 2 aromatic carbocycles. The molecule has 2 nitrogen and oxygen atoms in total. The Morgan fingerprint density at radius 3 is 1.56 bits per heavy atom. The number of benzene rings is 2. The molecule has 1 heterocycles. The third-order valence-corrected chi connectivity index (χ3v) is 3.31. The van der Waals surface area contributed by atoms with Gasteiger partial charge in [0.1, 0.15) is 6.79 Å². The maximum Gasteiger partial charge on any atom is 0.148 e. The Bertz CT molecular complexity index is 435. The summed E-state index contributed by atoms with van der Waals surface area (Å²) in [6, 6.07) is 20.7. The van der Waals surface area contributed by atoms with Gasteiger partial charge < -0.3 is 9.47 Å². The van der Waals surface area contributed by atoms with Crippen LogP contribution in [0.3, 0.4) is 0 Å². The van der Waals surface area contributed by atoms with Gasteiger partial charge >= 0.3 is 0 Å². The second-order valence-electron chi connectivity index (χ2n) is 4.49. The summed E-state index contributed by atoms with van der Waals surface area (Å²) in [6.45, 7) is 0.360. The summed E-state index contributed by atoms with van der Waals surface area (Å²) in [4.78, 5) is 0. The van der Waals surface area contributed by atoms with Gasteiger partial charge in [0, 0.05) is 6.42 Å². The number of ether oxygens (including phenoxy) is 2. The van der Waals surface area contributed by atoms with Crippen molar-refractivity contribution in [2.45, 2.75) is 18.6 Å². The van der Waals surface area contributed by atoms with E-state index in [0.29, 0.717) is 6.79 Å². The molecule has 0 saturated carbocycles. The van der Waals surface area contributed by atoms with Crippen molar-refractivity contribution >= 4 is 0 Å². The predicted molar refractivity (Wildman–Crippen MR) is 70.0 cm³/mol. The molecule has 3 rings (SSSR count). The van der Waals surface area contributed by atoms with E-state index >= 15 is 0 Å². The van der Waals surface area contributed by atoms with Crippen LogP contribution in [0.15, 0.2) is 60.7 Å². The second-order valence-corrected chi connectivity index (χ2v) is 4.49. The van der Waals surface area contributed by atoms with Crippen molar-refractivity contribution < 1.29 is 9.47 Å². The van der Waals surface area contributed by atoms with Crippen molar-refractivity contribution in [1.82, 2.24) is 0 Å². The van der Waals surface area contributed by atoms with Crippen molar-refractivity contribution in [3.05, 3.63) is 71.8 Å². The fraction of sp³-hybridized carbons (Fsp3) is 0.250. The van der Waals surface area contributed by atoms with Crippen molar-refractivity contribution in [3.63, 3.8) is 0 Å². The van der Waals surface area contributed by atoms with E-state index in [-0.39, 0.29) is 12.2 Å². The molecule has 0 aromatic heterocycles. The number of hydrogen-bond donors (Lipinski definition) is 0. The lowest BCUT2D eigenvalue weighted by Crippen LogP contribution is -2.21. The zero-order valence-corrected chi connectivity index (χ0v) is 10.2. The van der Waals surface area contributed by atoms with Crippen molar-refractivity contribution in [2.75, 3.05) is 6.79 Å². The molecule has 2 heteroatoms. The minimum atomic E-state index is 0.130. The lowest BCUT2D eigenvalue weighted by atomic mass is 9.98. The Morgan fingerprint density at radius 2 is 1.11 bits per heavy atom. The summed E-state index contributed by atoms with van der Waals surface area (Å²) < 4.78 is 11.4. The molecule has 1 fully saturated rings.